The van der Waals surface area contributed by atoms with E-state index >= 15 is 0 Å². The van der Waals surface area contributed by atoms with Crippen molar-refractivity contribution < 1.29 is 19.1 Å². The van der Waals surface area contributed by atoms with Crippen molar-refractivity contribution in [1.82, 2.24) is 0 Å². The van der Waals surface area contributed by atoms with Crippen LogP contribution in [0.4, 0.5) is 0 Å². The molecule has 4 fully saturated rings. The van der Waals surface area contributed by atoms with Crippen molar-refractivity contribution in [3.63, 3.8) is 0 Å². The molecule has 0 radical (unpaired) electrons. The predicted molar refractivity (Wildman–Crippen MR) is 92.8 cm³/mol. The van der Waals surface area contributed by atoms with E-state index in [1.54, 1.807) is 0 Å². The summed E-state index contributed by atoms with van der Waals surface area (Å²) >= 11 is 0. The monoisotopic (exact) mass is 342 g/mol. The van der Waals surface area contributed by atoms with Gasteiger partial charge >= 0.3 is 11.9 Å². The summed E-state index contributed by atoms with van der Waals surface area (Å²) in [5.41, 5.74) is 0.198. The standard InChI is InChI=1S/C21H26O4/c1-24-17(22)19-8-9-20(18(23)25-2)11-15(10-19)12-21(13-19,14-20)16-6-4-3-5-7-16/h3-7,15H,8-14H2,1-2H3. The molecule has 5 rings (SSSR count). The number of carbonyl (C=O) groups excluding carboxylic acids is 2. The van der Waals surface area contributed by atoms with Gasteiger partial charge in [-0.15, -0.1) is 0 Å². The number of benzene rings is 1. The van der Waals surface area contributed by atoms with Crippen LogP contribution in [0, 0.1) is 16.7 Å². The number of hydrogen-bond acceptors (Lipinski definition) is 4. The molecule has 134 valence electrons. The molecule has 2 atom stereocenters. The molecule has 0 saturated heterocycles. The number of methoxy groups -OCH3 is 2. The van der Waals surface area contributed by atoms with Crippen LogP contribution in [0.25, 0.3) is 0 Å². The first-order chi connectivity index (χ1) is 12.0. The van der Waals surface area contributed by atoms with Gasteiger partial charge in [-0.1, -0.05) is 30.3 Å². The van der Waals surface area contributed by atoms with Crippen LogP contribution in [0.3, 0.4) is 0 Å². The van der Waals surface area contributed by atoms with Gasteiger partial charge in [-0.25, -0.2) is 0 Å². The van der Waals surface area contributed by atoms with Gasteiger partial charge in [0.1, 0.15) is 0 Å². The van der Waals surface area contributed by atoms with Crippen molar-refractivity contribution in [2.45, 2.75) is 50.4 Å². The van der Waals surface area contributed by atoms with E-state index in [1.165, 1.54) is 19.8 Å². The molecule has 4 saturated carbocycles. The van der Waals surface area contributed by atoms with E-state index in [0.29, 0.717) is 5.92 Å². The summed E-state index contributed by atoms with van der Waals surface area (Å²) in [6.07, 6.45) is 5.74. The first kappa shape index (κ1) is 16.6. The quantitative estimate of drug-likeness (QED) is 0.787. The van der Waals surface area contributed by atoms with Crippen LogP contribution < -0.4 is 0 Å². The molecule has 4 nitrogen and oxygen atoms in total. The highest BCUT2D eigenvalue weighted by Crippen LogP contribution is 2.67. The van der Waals surface area contributed by atoms with Crippen LogP contribution in [0.5, 0.6) is 0 Å². The summed E-state index contributed by atoms with van der Waals surface area (Å²) in [6.45, 7) is 0. The normalized spacial score (nSPS) is 38.9. The lowest BCUT2D eigenvalue weighted by Gasteiger charge is -2.54. The van der Waals surface area contributed by atoms with Gasteiger partial charge in [-0.3, -0.25) is 9.59 Å². The minimum absolute atomic E-state index is 0.0972. The maximum atomic E-state index is 12.8. The molecule has 4 aliphatic carbocycles. The summed E-state index contributed by atoms with van der Waals surface area (Å²) in [5.74, 6) is 0.170. The van der Waals surface area contributed by atoms with Crippen molar-refractivity contribution in [3.8, 4) is 0 Å². The summed E-state index contributed by atoms with van der Waals surface area (Å²) in [4.78, 5) is 25.6. The second-order valence-corrected chi connectivity index (χ2v) is 8.52. The van der Waals surface area contributed by atoms with Crippen LogP contribution in [0.15, 0.2) is 30.3 Å². The maximum Gasteiger partial charge on any atom is 0.311 e. The molecule has 25 heavy (non-hydrogen) atoms. The Morgan fingerprint density at radius 3 is 1.88 bits per heavy atom. The van der Waals surface area contributed by atoms with Crippen molar-refractivity contribution >= 4 is 11.9 Å². The van der Waals surface area contributed by atoms with Gasteiger partial charge in [0.25, 0.3) is 0 Å². The van der Waals surface area contributed by atoms with Gasteiger partial charge in [0.05, 0.1) is 25.0 Å². The molecule has 0 aromatic heterocycles. The highest BCUT2D eigenvalue weighted by molar-refractivity contribution is 5.80. The Bertz CT molecular complexity index is 661. The Labute approximate surface area is 148 Å². The van der Waals surface area contributed by atoms with Gasteiger partial charge in [0.15, 0.2) is 0 Å². The summed E-state index contributed by atoms with van der Waals surface area (Å²) in [7, 11) is 2.97. The third-order valence-corrected chi connectivity index (χ3v) is 7.10. The van der Waals surface area contributed by atoms with Crippen LogP contribution in [0.1, 0.15) is 50.5 Å². The molecule has 2 unspecified atom stereocenters. The zero-order chi connectivity index (χ0) is 17.7. The Morgan fingerprint density at radius 1 is 0.880 bits per heavy atom. The highest BCUT2D eigenvalue weighted by atomic mass is 16.5. The average Bonchev–Trinajstić information content (AvgIpc) is 2.83. The van der Waals surface area contributed by atoms with Crippen molar-refractivity contribution in [1.29, 1.82) is 0 Å². The molecule has 0 aliphatic heterocycles. The number of ether oxygens (including phenoxy) is 2. The summed E-state index contributed by atoms with van der Waals surface area (Å²) in [5, 5.41) is 0. The SMILES string of the molecule is COC(=O)C12CCC3(C(=O)OC)CC(C1)CC(c1ccccc1)(C2)C3. The van der Waals surface area contributed by atoms with Crippen molar-refractivity contribution in [2.75, 3.05) is 14.2 Å². The molecule has 1 aromatic carbocycles. The second-order valence-electron chi connectivity index (χ2n) is 8.52. The summed E-state index contributed by atoms with van der Waals surface area (Å²) in [6, 6.07) is 10.4. The van der Waals surface area contributed by atoms with Crippen molar-refractivity contribution in [3.05, 3.63) is 35.9 Å². The number of esters is 2. The van der Waals surface area contributed by atoms with E-state index in [-0.39, 0.29) is 17.4 Å². The highest BCUT2D eigenvalue weighted by Gasteiger charge is 2.64. The van der Waals surface area contributed by atoms with E-state index < -0.39 is 10.8 Å². The smallest absolute Gasteiger partial charge is 0.311 e. The van der Waals surface area contributed by atoms with Crippen molar-refractivity contribution in [2.24, 2.45) is 16.7 Å². The number of fused-ring (bicyclic) bond motifs is 1. The maximum absolute atomic E-state index is 12.8. The molecule has 4 bridgehead atoms. The zero-order valence-corrected chi connectivity index (χ0v) is 15.0. The minimum Gasteiger partial charge on any atom is -0.469 e. The number of carbonyl (C=O) groups is 2. The van der Waals surface area contributed by atoms with E-state index in [2.05, 4.69) is 24.3 Å². The third-order valence-electron chi connectivity index (χ3n) is 7.10. The Balaban J connectivity index is 1.87. The second kappa shape index (κ2) is 5.58. The number of hydrogen-bond donors (Lipinski definition) is 0. The molecule has 0 amide bonds. The zero-order valence-electron chi connectivity index (χ0n) is 15.0. The largest absolute Gasteiger partial charge is 0.469 e. The van der Waals surface area contributed by atoms with E-state index in [4.69, 9.17) is 9.47 Å². The Hall–Kier alpha value is -1.84. The van der Waals surface area contributed by atoms with Gasteiger partial charge in [0.2, 0.25) is 0 Å². The number of rotatable bonds is 3. The average molecular weight is 342 g/mol. The molecule has 0 spiro atoms. The fraction of sp³-hybridized carbons (Fsp3) is 0.619. The molecule has 0 heterocycles. The van der Waals surface area contributed by atoms with E-state index in [1.807, 2.05) is 6.07 Å². The molecule has 1 aromatic rings. The fourth-order valence-corrected chi connectivity index (χ4v) is 6.44. The van der Waals surface area contributed by atoms with Crippen LogP contribution >= 0.6 is 0 Å². The minimum atomic E-state index is -0.459. The van der Waals surface area contributed by atoms with Crippen LogP contribution in [-0.2, 0) is 24.5 Å². The Kier molecular flexibility index (Phi) is 3.71. The predicted octanol–water partition coefficient (Wildman–Crippen LogP) is 3.63. The first-order valence-corrected chi connectivity index (χ1v) is 9.20. The summed E-state index contributed by atoms with van der Waals surface area (Å²) < 4.78 is 10.5. The van der Waals surface area contributed by atoms with E-state index in [0.717, 1.165) is 44.9 Å². The lowest BCUT2D eigenvalue weighted by atomic mass is 9.49. The topological polar surface area (TPSA) is 52.6 Å². The molecule has 4 aliphatic rings. The third kappa shape index (κ3) is 2.33. The fourth-order valence-electron chi connectivity index (χ4n) is 6.44. The van der Waals surface area contributed by atoms with Crippen LogP contribution in [0.2, 0.25) is 0 Å². The molecule has 4 heteroatoms. The van der Waals surface area contributed by atoms with Gasteiger partial charge in [0, 0.05) is 0 Å². The lowest BCUT2D eigenvalue weighted by molar-refractivity contribution is -0.161. The first-order valence-electron chi connectivity index (χ1n) is 9.20. The van der Waals surface area contributed by atoms with Gasteiger partial charge in [-0.2, -0.15) is 0 Å². The molecular formula is C21H26O4. The van der Waals surface area contributed by atoms with E-state index in [9.17, 15) is 9.59 Å². The van der Waals surface area contributed by atoms with Crippen LogP contribution in [-0.4, -0.2) is 26.2 Å². The Morgan fingerprint density at radius 2 is 1.40 bits per heavy atom. The van der Waals surface area contributed by atoms with Gasteiger partial charge < -0.3 is 9.47 Å². The van der Waals surface area contributed by atoms with Gasteiger partial charge in [-0.05, 0) is 61.8 Å². The molecular weight excluding hydrogens is 316 g/mol. The molecule has 0 N–H and O–H groups in total. The lowest BCUT2D eigenvalue weighted by Crippen LogP contribution is -2.52.